The fourth-order valence-corrected chi connectivity index (χ4v) is 3.78. The Kier molecular flexibility index (Phi) is 5.28. The molecule has 6 nitrogen and oxygen atoms in total. The molecule has 2 aliphatic rings. The molecule has 0 unspecified atom stereocenters. The molecule has 0 aliphatic carbocycles. The number of aliphatic hydroxyl groups is 1. The van der Waals surface area contributed by atoms with E-state index in [0.29, 0.717) is 16.9 Å². The van der Waals surface area contributed by atoms with Gasteiger partial charge in [-0.15, -0.1) is 0 Å². The molecule has 0 bridgehead atoms. The number of ketones is 1. The highest BCUT2D eigenvalue weighted by atomic mass is 16.5. The van der Waals surface area contributed by atoms with Gasteiger partial charge in [-0.2, -0.15) is 0 Å². The first-order chi connectivity index (χ1) is 13.1. The molecular formula is C22H28O6. The van der Waals surface area contributed by atoms with E-state index in [9.17, 15) is 19.8 Å². The molecule has 152 valence electrons. The summed E-state index contributed by atoms with van der Waals surface area (Å²) in [7, 11) is 0. The molecule has 3 rings (SSSR count). The van der Waals surface area contributed by atoms with Crippen LogP contribution in [-0.2, 0) is 4.79 Å². The molecule has 3 atom stereocenters. The largest absolute Gasteiger partial charge is 0.506 e. The van der Waals surface area contributed by atoms with Crippen LogP contribution in [0.25, 0.3) is 6.08 Å². The summed E-state index contributed by atoms with van der Waals surface area (Å²) >= 11 is 0. The minimum atomic E-state index is -0.907. The predicted molar refractivity (Wildman–Crippen MR) is 105 cm³/mol. The Hall–Kier alpha value is -2.34. The first-order valence-corrected chi connectivity index (χ1v) is 9.81. The van der Waals surface area contributed by atoms with Crippen molar-refractivity contribution in [3.8, 4) is 17.2 Å². The van der Waals surface area contributed by atoms with Crippen LogP contribution in [0.15, 0.2) is 6.08 Å². The summed E-state index contributed by atoms with van der Waals surface area (Å²) < 4.78 is 11.7. The quantitative estimate of drug-likeness (QED) is 0.450. The lowest BCUT2D eigenvalue weighted by molar-refractivity contribution is -0.136. The van der Waals surface area contributed by atoms with E-state index in [1.54, 1.807) is 13.0 Å². The number of ether oxygens (including phenoxy) is 2. The number of aliphatic hydroxyl groups excluding tert-OH is 1. The topological polar surface area (TPSA) is 93.1 Å². The molecule has 0 spiro atoms. The smallest absolute Gasteiger partial charge is 0.311 e. The Bertz CT molecular complexity index is 849. The lowest BCUT2D eigenvalue weighted by atomic mass is 9.81. The normalized spacial score (nSPS) is 21.8. The average Bonchev–Trinajstić information content (AvgIpc) is 2.59. The van der Waals surface area contributed by atoms with E-state index in [0.717, 1.165) is 12.8 Å². The summed E-state index contributed by atoms with van der Waals surface area (Å²) in [5.41, 5.74) is 0.430. The molecule has 6 heteroatoms. The highest BCUT2D eigenvalue weighted by Gasteiger charge is 2.41. The lowest BCUT2D eigenvalue weighted by Gasteiger charge is -2.35. The summed E-state index contributed by atoms with van der Waals surface area (Å²) in [6, 6.07) is 0. The Morgan fingerprint density at radius 3 is 2.61 bits per heavy atom. The van der Waals surface area contributed by atoms with E-state index >= 15 is 0 Å². The lowest BCUT2D eigenvalue weighted by Crippen LogP contribution is -2.32. The fourth-order valence-electron chi connectivity index (χ4n) is 3.78. The molecule has 1 aromatic carbocycles. The van der Waals surface area contributed by atoms with Gasteiger partial charge in [-0.3, -0.25) is 9.59 Å². The van der Waals surface area contributed by atoms with E-state index in [2.05, 4.69) is 0 Å². The van der Waals surface area contributed by atoms with Crippen LogP contribution in [0.4, 0.5) is 0 Å². The average molecular weight is 388 g/mol. The second-order valence-electron chi connectivity index (χ2n) is 8.31. The van der Waals surface area contributed by atoms with Gasteiger partial charge in [-0.1, -0.05) is 20.3 Å². The first kappa shape index (κ1) is 20.4. The Labute approximate surface area is 165 Å². The standard InChI is InChI=1S/C22H28O6/c1-6-7-13-10-15(24)27-21-16(13)20-14(8-9-22(4,5)28-20)19(26)17(21)18(25)11(2)12(3)23/h8-9,11-13,23,26H,6-7,10H2,1-5H3/t11-,12+,13+/m1/s1. The van der Waals surface area contributed by atoms with Gasteiger partial charge in [0.05, 0.1) is 18.1 Å². The molecule has 0 radical (unpaired) electrons. The van der Waals surface area contributed by atoms with E-state index in [-0.39, 0.29) is 29.4 Å². The Morgan fingerprint density at radius 1 is 1.32 bits per heavy atom. The van der Waals surface area contributed by atoms with E-state index in [1.165, 1.54) is 6.92 Å². The second kappa shape index (κ2) is 7.24. The van der Waals surface area contributed by atoms with Gasteiger partial charge in [-0.05, 0) is 39.3 Å². The molecule has 2 N–H and O–H groups in total. The number of phenols is 1. The zero-order valence-electron chi connectivity index (χ0n) is 17.0. The second-order valence-corrected chi connectivity index (χ2v) is 8.31. The SMILES string of the molecule is CCC[C@H]1CC(=O)Oc2c(C(=O)[C@H](C)[C@H](C)O)c(O)c3c(c21)OC(C)(C)C=C3. The summed E-state index contributed by atoms with van der Waals surface area (Å²) in [6.45, 7) is 8.92. The van der Waals surface area contributed by atoms with Crippen LogP contribution in [0.2, 0.25) is 0 Å². The Morgan fingerprint density at radius 2 is 2.00 bits per heavy atom. The zero-order valence-corrected chi connectivity index (χ0v) is 17.0. The van der Waals surface area contributed by atoms with Crippen molar-refractivity contribution in [1.82, 2.24) is 0 Å². The highest BCUT2D eigenvalue weighted by molar-refractivity contribution is 6.06. The van der Waals surface area contributed by atoms with Crippen molar-refractivity contribution >= 4 is 17.8 Å². The minimum Gasteiger partial charge on any atom is -0.506 e. The van der Waals surface area contributed by atoms with E-state index in [4.69, 9.17) is 9.47 Å². The van der Waals surface area contributed by atoms with Crippen molar-refractivity contribution in [3.63, 3.8) is 0 Å². The number of carbonyl (C=O) groups excluding carboxylic acids is 2. The molecular weight excluding hydrogens is 360 g/mol. The van der Waals surface area contributed by atoms with Crippen LogP contribution in [-0.4, -0.2) is 33.7 Å². The molecule has 0 amide bonds. The van der Waals surface area contributed by atoms with Crippen molar-refractivity contribution in [1.29, 1.82) is 0 Å². The summed E-state index contributed by atoms with van der Waals surface area (Å²) in [5, 5.41) is 20.8. The molecule has 2 aliphatic heterocycles. The molecule has 0 fully saturated rings. The van der Waals surface area contributed by atoms with Gasteiger partial charge < -0.3 is 19.7 Å². The number of carbonyl (C=O) groups is 2. The number of benzene rings is 1. The number of phenolic OH excluding ortho intramolecular Hbond substituents is 1. The van der Waals surface area contributed by atoms with Crippen LogP contribution in [0.1, 0.15) is 81.3 Å². The molecule has 2 heterocycles. The molecule has 0 saturated heterocycles. The van der Waals surface area contributed by atoms with Gasteiger partial charge in [-0.25, -0.2) is 0 Å². The monoisotopic (exact) mass is 388 g/mol. The maximum atomic E-state index is 13.1. The van der Waals surface area contributed by atoms with Crippen molar-refractivity contribution in [2.45, 2.75) is 71.5 Å². The minimum absolute atomic E-state index is 0.0516. The van der Waals surface area contributed by atoms with E-state index < -0.39 is 29.4 Å². The Balaban J connectivity index is 2.32. The van der Waals surface area contributed by atoms with Crippen molar-refractivity contribution in [3.05, 3.63) is 22.8 Å². The molecule has 0 saturated carbocycles. The van der Waals surface area contributed by atoms with Gasteiger partial charge in [0.1, 0.15) is 22.7 Å². The number of aromatic hydroxyl groups is 1. The van der Waals surface area contributed by atoms with E-state index in [1.807, 2.05) is 26.8 Å². The number of hydrogen-bond donors (Lipinski definition) is 2. The fraction of sp³-hybridized carbons (Fsp3) is 0.545. The third kappa shape index (κ3) is 3.41. The van der Waals surface area contributed by atoms with Gasteiger partial charge in [0.15, 0.2) is 11.5 Å². The predicted octanol–water partition coefficient (Wildman–Crippen LogP) is 3.97. The summed E-state index contributed by atoms with van der Waals surface area (Å²) in [4.78, 5) is 25.4. The third-order valence-corrected chi connectivity index (χ3v) is 5.53. The van der Waals surface area contributed by atoms with Crippen LogP contribution < -0.4 is 9.47 Å². The molecule has 1 aromatic rings. The van der Waals surface area contributed by atoms with Crippen molar-refractivity contribution in [2.24, 2.45) is 5.92 Å². The number of Topliss-reactive ketones (excluding diaryl/α,β-unsaturated/α-hetero) is 1. The maximum Gasteiger partial charge on any atom is 0.311 e. The number of hydrogen-bond acceptors (Lipinski definition) is 6. The molecule has 0 aromatic heterocycles. The van der Waals surface area contributed by atoms with Crippen LogP contribution in [0, 0.1) is 5.92 Å². The third-order valence-electron chi connectivity index (χ3n) is 5.53. The molecule has 28 heavy (non-hydrogen) atoms. The first-order valence-electron chi connectivity index (χ1n) is 9.81. The highest BCUT2D eigenvalue weighted by Crippen LogP contribution is 2.53. The van der Waals surface area contributed by atoms with Gasteiger partial charge in [0.2, 0.25) is 0 Å². The van der Waals surface area contributed by atoms with Crippen molar-refractivity contribution in [2.75, 3.05) is 0 Å². The van der Waals surface area contributed by atoms with Crippen LogP contribution >= 0.6 is 0 Å². The van der Waals surface area contributed by atoms with Crippen LogP contribution in [0.3, 0.4) is 0 Å². The number of rotatable bonds is 5. The van der Waals surface area contributed by atoms with Crippen molar-refractivity contribution < 1.29 is 29.3 Å². The number of esters is 1. The van der Waals surface area contributed by atoms with Gasteiger partial charge in [0.25, 0.3) is 0 Å². The maximum absolute atomic E-state index is 13.1. The van der Waals surface area contributed by atoms with Gasteiger partial charge in [0, 0.05) is 17.4 Å². The van der Waals surface area contributed by atoms with Gasteiger partial charge >= 0.3 is 5.97 Å². The summed E-state index contributed by atoms with van der Waals surface area (Å²) in [5.74, 6) is -1.55. The number of fused-ring (bicyclic) bond motifs is 3. The van der Waals surface area contributed by atoms with Crippen LogP contribution in [0.5, 0.6) is 17.2 Å². The summed E-state index contributed by atoms with van der Waals surface area (Å²) in [6.07, 6.45) is 4.43. The zero-order chi connectivity index (χ0) is 20.8.